The summed E-state index contributed by atoms with van der Waals surface area (Å²) in [6.45, 7) is 2.65. The quantitative estimate of drug-likeness (QED) is 0.233. The molecule has 4 N–H and O–H groups in total. The third kappa shape index (κ3) is 4.21. The second-order valence-electron chi connectivity index (χ2n) is 8.53. The molecule has 35 heavy (non-hydrogen) atoms. The van der Waals surface area contributed by atoms with Gasteiger partial charge in [0.05, 0.1) is 6.20 Å². The number of hydrogen-bond donors (Lipinski definition) is 4. The normalized spacial score (nSPS) is 16.5. The highest BCUT2D eigenvalue weighted by Gasteiger charge is 2.26. The Hall–Kier alpha value is -4.25. The zero-order valence-electron chi connectivity index (χ0n) is 18.8. The third-order valence-electron chi connectivity index (χ3n) is 5.89. The van der Waals surface area contributed by atoms with Crippen molar-refractivity contribution in [3.05, 3.63) is 64.3 Å². The summed E-state index contributed by atoms with van der Waals surface area (Å²) in [4.78, 5) is 34.1. The average Bonchev–Trinajstić information content (AvgIpc) is 3.26. The number of aromatic nitrogens is 4. The number of fused-ring (bicyclic) bond motifs is 1. The Balaban J connectivity index is 1.35. The fourth-order valence-electron chi connectivity index (χ4n) is 3.94. The van der Waals surface area contributed by atoms with Gasteiger partial charge in [0, 0.05) is 23.0 Å². The monoisotopic (exact) mass is 486 g/mol. The van der Waals surface area contributed by atoms with E-state index < -0.39 is 11.9 Å². The van der Waals surface area contributed by atoms with Crippen LogP contribution in [0.15, 0.2) is 47.6 Å². The van der Waals surface area contributed by atoms with E-state index >= 15 is 0 Å². The Kier molecular flexibility index (Phi) is 5.18. The number of carbonyl (C=O) groups excluding carboxylic acids is 2. The second-order valence-corrected chi connectivity index (χ2v) is 9.45. The number of hydrogen-bond acceptors (Lipinski definition) is 8. The first-order chi connectivity index (χ1) is 17.0. The third-order valence-corrected chi connectivity index (χ3v) is 6.94. The van der Waals surface area contributed by atoms with Gasteiger partial charge in [-0.1, -0.05) is 24.3 Å². The molecule has 1 aliphatic heterocycles. The highest BCUT2D eigenvalue weighted by Crippen LogP contribution is 2.32. The molecule has 1 aliphatic carbocycles. The first kappa shape index (κ1) is 21.3. The van der Waals surface area contributed by atoms with Gasteiger partial charge in [0.2, 0.25) is 11.9 Å². The number of nitrogens with zero attached hydrogens (tertiary/aromatic N) is 4. The fraction of sp³-hybridized carbons (Fsp3) is 0.208. The molecule has 10 nitrogen and oxygen atoms in total. The van der Waals surface area contributed by atoms with Crippen molar-refractivity contribution < 1.29 is 9.59 Å². The molecule has 0 spiro atoms. The minimum atomic E-state index is -0.551. The van der Waals surface area contributed by atoms with Gasteiger partial charge in [0.25, 0.3) is 5.91 Å². The zero-order chi connectivity index (χ0) is 23.9. The van der Waals surface area contributed by atoms with Crippen LogP contribution in [0.4, 0.5) is 16.7 Å². The van der Waals surface area contributed by atoms with E-state index in [2.05, 4.69) is 66.8 Å². The van der Waals surface area contributed by atoms with Crippen LogP contribution in [0.3, 0.4) is 0 Å². The van der Waals surface area contributed by atoms with Gasteiger partial charge >= 0.3 is 6.03 Å². The first-order valence-electron chi connectivity index (χ1n) is 11.3. The zero-order valence-corrected chi connectivity index (χ0v) is 19.6. The van der Waals surface area contributed by atoms with Crippen LogP contribution in [0.1, 0.15) is 29.5 Å². The molecular formula is C24H22N8O2S. The van der Waals surface area contributed by atoms with Crippen LogP contribution in [-0.4, -0.2) is 37.6 Å². The molecule has 0 unspecified atom stereocenters. The van der Waals surface area contributed by atoms with Crippen LogP contribution >= 0.6 is 11.3 Å². The lowest BCUT2D eigenvalue weighted by atomic mass is 10.0. The summed E-state index contributed by atoms with van der Waals surface area (Å²) >= 11 is 1.73. The van der Waals surface area contributed by atoms with Gasteiger partial charge in [0.15, 0.2) is 5.65 Å². The Morgan fingerprint density at radius 1 is 1.17 bits per heavy atom. The van der Waals surface area contributed by atoms with Gasteiger partial charge in [-0.15, -0.1) is 11.3 Å². The SMILES string of the molecule is Cc1ccsc1-c1ccccc1CNc1nc(NC2CC2)n2ncc(/C=C3\NC(=O)NC3=O)c2n1. The standard InChI is InChI=1S/C24H22N8O2S/c1-13-8-9-35-19(13)17-5-3-2-4-14(17)11-25-22-29-20-15(10-18-21(33)30-24(34)28-18)12-26-32(20)23(31-22)27-16-6-7-16/h2-5,8-10,12,16H,6-7,11H2,1H3,(H2,25,27,29,31)(H2,28,30,33,34)/b18-10-. The molecule has 2 fully saturated rings. The number of anilines is 2. The van der Waals surface area contributed by atoms with Gasteiger partial charge in [-0.25, -0.2) is 4.79 Å². The molecule has 11 heteroatoms. The molecule has 2 aliphatic rings. The lowest BCUT2D eigenvalue weighted by Gasteiger charge is -2.12. The molecule has 0 radical (unpaired) electrons. The molecule has 3 amide bonds. The molecule has 0 atom stereocenters. The smallest absolute Gasteiger partial charge is 0.326 e. The van der Waals surface area contributed by atoms with E-state index in [0.29, 0.717) is 35.7 Å². The van der Waals surface area contributed by atoms with E-state index in [1.807, 2.05) is 12.1 Å². The Bertz CT molecular complexity index is 1500. The number of benzene rings is 1. The largest absolute Gasteiger partial charge is 0.351 e. The molecule has 1 saturated heterocycles. The predicted octanol–water partition coefficient (Wildman–Crippen LogP) is 3.53. The maximum absolute atomic E-state index is 12.0. The Morgan fingerprint density at radius 2 is 2.03 bits per heavy atom. The van der Waals surface area contributed by atoms with E-state index in [1.54, 1.807) is 28.1 Å². The number of nitrogens with one attached hydrogen (secondary N) is 4. The van der Waals surface area contributed by atoms with Crippen molar-refractivity contribution in [2.45, 2.75) is 32.4 Å². The van der Waals surface area contributed by atoms with Crippen LogP contribution in [0.2, 0.25) is 0 Å². The highest BCUT2D eigenvalue weighted by atomic mass is 32.1. The fourth-order valence-corrected chi connectivity index (χ4v) is 4.92. The van der Waals surface area contributed by atoms with Crippen LogP contribution in [-0.2, 0) is 11.3 Å². The second kappa shape index (κ2) is 8.51. The number of aryl methyl sites for hydroxylation is 1. The van der Waals surface area contributed by atoms with Crippen LogP contribution in [0.5, 0.6) is 0 Å². The first-order valence-corrected chi connectivity index (χ1v) is 12.2. The van der Waals surface area contributed by atoms with Crippen molar-refractivity contribution in [2.75, 3.05) is 10.6 Å². The number of urea groups is 1. The summed E-state index contributed by atoms with van der Waals surface area (Å²) in [5, 5.41) is 18.0. The van der Waals surface area contributed by atoms with Crippen molar-refractivity contribution in [3.8, 4) is 10.4 Å². The summed E-state index contributed by atoms with van der Waals surface area (Å²) in [6.07, 6.45) is 5.32. The van der Waals surface area contributed by atoms with E-state index in [-0.39, 0.29) is 5.70 Å². The van der Waals surface area contributed by atoms with Crippen LogP contribution < -0.4 is 21.3 Å². The molecule has 1 saturated carbocycles. The van der Waals surface area contributed by atoms with E-state index in [4.69, 9.17) is 0 Å². The maximum atomic E-state index is 12.0. The number of rotatable bonds is 7. The Labute approximate surface area is 204 Å². The van der Waals surface area contributed by atoms with Gasteiger partial charge in [0.1, 0.15) is 5.70 Å². The molecule has 4 heterocycles. The highest BCUT2D eigenvalue weighted by molar-refractivity contribution is 7.13. The summed E-state index contributed by atoms with van der Waals surface area (Å²) in [7, 11) is 0. The molecular weight excluding hydrogens is 464 g/mol. The minimum Gasteiger partial charge on any atom is -0.351 e. The summed E-state index contributed by atoms with van der Waals surface area (Å²) in [5.41, 5.74) is 4.83. The molecule has 6 rings (SSSR count). The van der Waals surface area contributed by atoms with Gasteiger partial charge in [-0.3, -0.25) is 10.1 Å². The summed E-state index contributed by atoms with van der Waals surface area (Å²) in [6, 6.07) is 10.2. The molecule has 176 valence electrons. The van der Waals surface area contributed by atoms with Crippen molar-refractivity contribution in [2.24, 2.45) is 0 Å². The molecule has 4 aromatic rings. The van der Waals surface area contributed by atoms with Crippen molar-refractivity contribution in [3.63, 3.8) is 0 Å². The Morgan fingerprint density at radius 3 is 2.77 bits per heavy atom. The average molecular weight is 487 g/mol. The van der Waals surface area contributed by atoms with E-state index in [0.717, 1.165) is 18.4 Å². The van der Waals surface area contributed by atoms with Gasteiger partial charge < -0.3 is 16.0 Å². The molecule has 3 aromatic heterocycles. The number of imide groups is 1. The molecule has 1 aromatic carbocycles. The van der Waals surface area contributed by atoms with Crippen LogP contribution in [0, 0.1) is 6.92 Å². The lowest BCUT2D eigenvalue weighted by Crippen LogP contribution is -2.22. The lowest BCUT2D eigenvalue weighted by molar-refractivity contribution is -0.115. The summed E-state index contributed by atoms with van der Waals surface area (Å²) < 4.78 is 1.62. The van der Waals surface area contributed by atoms with E-state index in [9.17, 15) is 9.59 Å². The molecule has 0 bridgehead atoms. The predicted molar refractivity (Wildman–Crippen MR) is 134 cm³/mol. The van der Waals surface area contributed by atoms with Crippen molar-refractivity contribution in [1.82, 2.24) is 30.2 Å². The number of thiophene rings is 1. The maximum Gasteiger partial charge on any atom is 0.326 e. The topological polar surface area (TPSA) is 125 Å². The van der Waals surface area contributed by atoms with Gasteiger partial charge in [-0.05, 0) is 54.0 Å². The summed E-state index contributed by atoms with van der Waals surface area (Å²) in [5.74, 6) is 0.531. The minimum absolute atomic E-state index is 0.148. The van der Waals surface area contributed by atoms with Crippen molar-refractivity contribution in [1.29, 1.82) is 0 Å². The number of amides is 3. The number of carbonyl (C=O) groups is 2. The van der Waals surface area contributed by atoms with Gasteiger partial charge in [-0.2, -0.15) is 19.6 Å². The van der Waals surface area contributed by atoms with Crippen LogP contribution in [0.25, 0.3) is 22.2 Å². The van der Waals surface area contributed by atoms with E-state index in [1.165, 1.54) is 16.0 Å². The van der Waals surface area contributed by atoms with Crippen molar-refractivity contribution >= 4 is 46.9 Å².